The molecular weight excluding hydrogens is 366 g/mol. The summed E-state index contributed by atoms with van der Waals surface area (Å²) in [4.78, 5) is 41.1. The molecule has 0 heterocycles. The fourth-order valence-corrected chi connectivity index (χ4v) is 2.95. The molecule has 0 aliphatic heterocycles. The third-order valence-electron chi connectivity index (χ3n) is 4.27. The molecule has 152 valence electrons. The summed E-state index contributed by atoms with van der Waals surface area (Å²) in [6.07, 6.45) is 2.58. The van der Waals surface area contributed by atoms with Crippen molar-refractivity contribution >= 4 is 18.1 Å². The molecule has 3 N–H and O–H groups in total. The van der Waals surface area contributed by atoms with Gasteiger partial charge >= 0.3 is 5.97 Å². The number of hydrogen-bond donors (Lipinski definition) is 3. The van der Waals surface area contributed by atoms with E-state index in [1.165, 1.54) is 12.2 Å². The number of benzene rings is 1. The van der Waals surface area contributed by atoms with Gasteiger partial charge in [0.1, 0.15) is 18.4 Å². The number of aliphatic carboxylic acids is 1. The van der Waals surface area contributed by atoms with E-state index in [0.717, 1.165) is 10.5 Å². The van der Waals surface area contributed by atoms with Crippen molar-refractivity contribution in [3.63, 3.8) is 0 Å². The van der Waals surface area contributed by atoms with Gasteiger partial charge in [-0.15, -0.1) is 0 Å². The molecule has 0 spiro atoms. The number of carbonyl (C=O) groups excluding carboxylic acids is 2. The van der Waals surface area contributed by atoms with E-state index in [1.807, 2.05) is 0 Å². The summed E-state index contributed by atoms with van der Waals surface area (Å²) in [5.74, 6) is -1.21. The van der Waals surface area contributed by atoms with E-state index in [2.05, 4.69) is 9.98 Å². The van der Waals surface area contributed by atoms with Crippen LogP contribution >= 0.6 is 0 Å². The zero-order valence-corrected chi connectivity index (χ0v) is 15.5. The van der Waals surface area contributed by atoms with Crippen LogP contribution in [0.5, 0.6) is 0 Å². The number of unbranched alkanes of at least 4 members (excludes halogenated alkanes) is 2. The lowest BCUT2D eigenvalue weighted by Crippen LogP contribution is -2.54. The monoisotopic (exact) mass is 391 g/mol. The Kier molecular flexibility index (Phi) is 11.3. The quantitative estimate of drug-likeness (QED) is 0.185. The number of carbonyl (C=O) groups is 1. The third-order valence-corrected chi connectivity index (χ3v) is 4.27. The second kappa shape index (κ2) is 13.5. The van der Waals surface area contributed by atoms with Gasteiger partial charge in [-0.2, -0.15) is 4.99 Å². The SMILES string of the molecule is O=C=NCCCCCC(N=C=O)N(C(O)CO)[C@@H](Cc1ccccc1)C(=O)O. The van der Waals surface area contributed by atoms with Crippen LogP contribution in [0.3, 0.4) is 0 Å². The van der Waals surface area contributed by atoms with Crippen LogP contribution in [0.15, 0.2) is 40.3 Å². The summed E-state index contributed by atoms with van der Waals surface area (Å²) in [5, 5.41) is 29.4. The number of hydrogen-bond acceptors (Lipinski definition) is 8. The number of aliphatic hydroxyl groups is 2. The fraction of sp³-hybridized carbons (Fsp3) is 0.526. The van der Waals surface area contributed by atoms with Gasteiger partial charge in [-0.3, -0.25) is 4.79 Å². The predicted octanol–water partition coefficient (Wildman–Crippen LogP) is 0.853. The Balaban J connectivity index is 2.98. The highest BCUT2D eigenvalue weighted by Gasteiger charge is 2.35. The molecule has 0 saturated carbocycles. The van der Waals surface area contributed by atoms with Gasteiger partial charge in [0.2, 0.25) is 12.2 Å². The van der Waals surface area contributed by atoms with Crippen molar-refractivity contribution in [3.05, 3.63) is 35.9 Å². The van der Waals surface area contributed by atoms with Crippen LogP contribution in [-0.2, 0) is 20.8 Å². The molecule has 0 fully saturated rings. The molecule has 0 radical (unpaired) electrons. The van der Waals surface area contributed by atoms with Gasteiger partial charge in [0, 0.05) is 0 Å². The number of carboxylic acids is 1. The summed E-state index contributed by atoms with van der Waals surface area (Å²) >= 11 is 0. The first-order valence-corrected chi connectivity index (χ1v) is 8.98. The molecule has 9 nitrogen and oxygen atoms in total. The topological polar surface area (TPSA) is 140 Å². The van der Waals surface area contributed by atoms with Gasteiger partial charge in [0.25, 0.3) is 0 Å². The van der Waals surface area contributed by atoms with Crippen LogP contribution in [0.25, 0.3) is 0 Å². The molecule has 1 aromatic carbocycles. The van der Waals surface area contributed by atoms with Crippen molar-refractivity contribution in [3.8, 4) is 0 Å². The minimum absolute atomic E-state index is 0.0617. The lowest BCUT2D eigenvalue weighted by molar-refractivity contribution is -0.154. The Morgan fingerprint density at radius 2 is 1.82 bits per heavy atom. The van der Waals surface area contributed by atoms with Gasteiger partial charge in [0.15, 0.2) is 0 Å². The van der Waals surface area contributed by atoms with E-state index >= 15 is 0 Å². The number of carboxylic acid groups (broad SMARTS) is 1. The van der Waals surface area contributed by atoms with Crippen molar-refractivity contribution < 1.29 is 29.7 Å². The van der Waals surface area contributed by atoms with Crippen molar-refractivity contribution in [2.75, 3.05) is 13.2 Å². The summed E-state index contributed by atoms with van der Waals surface area (Å²) < 4.78 is 0. The first-order valence-electron chi connectivity index (χ1n) is 8.98. The number of rotatable bonds is 14. The van der Waals surface area contributed by atoms with Crippen molar-refractivity contribution in [2.24, 2.45) is 9.98 Å². The first-order chi connectivity index (χ1) is 13.5. The van der Waals surface area contributed by atoms with Crippen molar-refractivity contribution in [1.29, 1.82) is 0 Å². The van der Waals surface area contributed by atoms with Crippen molar-refractivity contribution in [2.45, 2.75) is 50.5 Å². The van der Waals surface area contributed by atoms with Gasteiger partial charge in [-0.1, -0.05) is 36.8 Å². The molecule has 28 heavy (non-hydrogen) atoms. The van der Waals surface area contributed by atoms with E-state index in [1.54, 1.807) is 30.3 Å². The highest BCUT2D eigenvalue weighted by molar-refractivity contribution is 5.74. The van der Waals surface area contributed by atoms with Crippen LogP contribution in [0, 0.1) is 0 Å². The molecule has 2 unspecified atom stereocenters. The molecular formula is C19H25N3O6. The highest BCUT2D eigenvalue weighted by Crippen LogP contribution is 2.20. The average Bonchev–Trinajstić information content (AvgIpc) is 2.70. The summed E-state index contributed by atoms with van der Waals surface area (Å²) in [6.45, 7) is -0.378. The van der Waals surface area contributed by atoms with Crippen LogP contribution in [-0.4, -0.2) is 69.9 Å². The zero-order valence-electron chi connectivity index (χ0n) is 15.5. The summed E-state index contributed by atoms with van der Waals surface area (Å²) in [5.41, 5.74) is 0.727. The van der Waals surface area contributed by atoms with E-state index < -0.39 is 31.0 Å². The molecule has 0 aromatic heterocycles. The van der Waals surface area contributed by atoms with Crippen LogP contribution in [0.1, 0.15) is 31.2 Å². The summed E-state index contributed by atoms with van der Waals surface area (Å²) in [6, 6.07) is 7.64. The minimum Gasteiger partial charge on any atom is -0.480 e. The second-order valence-corrected chi connectivity index (χ2v) is 6.18. The Labute approximate surface area is 163 Å². The maximum atomic E-state index is 11.9. The Hall–Kier alpha value is -2.67. The normalized spacial score (nSPS) is 13.8. The predicted molar refractivity (Wildman–Crippen MR) is 99.9 cm³/mol. The molecule has 3 atom stereocenters. The molecule has 1 rings (SSSR count). The van der Waals surface area contributed by atoms with E-state index in [4.69, 9.17) is 0 Å². The van der Waals surface area contributed by atoms with Crippen LogP contribution in [0.4, 0.5) is 0 Å². The Bertz CT molecular complexity index is 686. The number of isocyanates is 2. The smallest absolute Gasteiger partial charge is 0.321 e. The summed E-state index contributed by atoms with van der Waals surface area (Å²) in [7, 11) is 0. The number of aliphatic hydroxyl groups excluding tert-OH is 2. The minimum atomic E-state index is -1.51. The maximum absolute atomic E-state index is 11.9. The first kappa shape index (κ1) is 23.4. The molecule has 0 amide bonds. The molecule has 0 saturated heterocycles. The second-order valence-electron chi connectivity index (χ2n) is 6.18. The van der Waals surface area contributed by atoms with Crippen molar-refractivity contribution in [1.82, 2.24) is 4.90 Å². The molecule has 0 bridgehead atoms. The lowest BCUT2D eigenvalue weighted by Gasteiger charge is -2.36. The van der Waals surface area contributed by atoms with Gasteiger partial charge < -0.3 is 15.3 Å². The van der Waals surface area contributed by atoms with E-state index in [9.17, 15) is 29.7 Å². The maximum Gasteiger partial charge on any atom is 0.321 e. The highest BCUT2D eigenvalue weighted by atomic mass is 16.4. The zero-order chi connectivity index (χ0) is 20.8. The van der Waals surface area contributed by atoms with E-state index in [-0.39, 0.29) is 12.8 Å². The molecule has 9 heteroatoms. The Morgan fingerprint density at radius 3 is 2.39 bits per heavy atom. The number of nitrogens with zero attached hydrogens (tertiary/aromatic N) is 3. The van der Waals surface area contributed by atoms with Gasteiger partial charge in [-0.05, 0) is 31.2 Å². The van der Waals surface area contributed by atoms with Crippen LogP contribution in [0.2, 0.25) is 0 Å². The molecule has 0 aliphatic rings. The molecule has 0 aliphatic carbocycles. The fourth-order valence-electron chi connectivity index (χ4n) is 2.95. The van der Waals surface area contributed by atoms with Crippen LogP contribution < -0.4 is 0 Å². The third kappa shape index (κ3) is 7.92. The standard InChI is InChI=1S/C19H25N3O6/c23-12-18(26)22(16(19(27)28)11-15-7-3-1-4-8-15)17(21-14-25)9-5-2-6-10-20-13-24/h1,3-4,7-8,16-18,23,26H,2,5-6,9-12H2,(H,27,28)/t16-,17?,18?/m0/s1. The lowest BCUT2D eigenvalue weighted by atomic mass is 10.0. The number of aliphatic imine (C=N–C) groups is 2. The van der Waals surface area contributed by atoms with E-state index in [0.29, 0.717) is 25.8 Å². The largest absolute Gasteiger partial charge is 0.480 e. The van der Waals surface area contributed by atoms with Gasteiger partial charge in [-0.25, -0.2) is 19.5 Å². The van der Waals surface area contributed by atoms with Gasteiger partial charge in [0.05, 0.1) is 13.2 Å². The Morgan fingerprint density at radius 1 is 1.11 bits per heavy atom. The molecule has 1 aromatic rings. The average molecular weight is 391 g/mol.